The minimum Gasteiger partial charge on any atom is -0.457 e. The van der Waals surface area contributed by atoms with Gasteiger partial charge in [0.25, 0.3) is 11.8 Å². The first-order valence-corrected chi connectivity index (χ1v) is 7.54. The summed E-state index contributed by atoms with van der Waals surface area (Å²) in [6.45, 7) is 0.183. The molecule has 0 N–H and O–H groups in total. The molecule has 0 aromatic heterocycles. The zero-order valence-electron chi connectivity index (χ0n) is 12.5. The number of amides is 1. The lowest BCUT2D eigenvalue weighted by Crippen LogP contribution is -2.42. The summed E-state index contributed by atoms with van der Waals surface area (Å²) in [7, 11) is 0. The minimum absolute atomic E-state index is 0.0914. The van der Waals surface area contributed by atoms with E-state index in [9.17, 15) is 13.6 Å². The molecular formula is C18H17F2NO2. The number of carbonyl (C=O) groups is 1. The highest BCUT2D eigenvalue weighted by atomic mass is 19.3. The topological polar surface area (TPSA) is 29.5 Å². The van der Waals surface area contributed by atoms with Crippen LogP contribution in [0.3, 0.4) is 0 Å². The third-order valence-electron chi connectivity index (χ3n) is 3.86. The zero-order valence-corrected chi connectivity index (χ0v) is 12.5. The maximum absolute atomic E-state index is 13.1. The van der Waals surface area contributed by atoms with E-state index in [2.05, 4.69) is 0 Å². The van der Waals surface area contributed by atoms with E-state index in [1.54, 1.807) is 24.3 Å². The van der Waals surface area contributed by atoms with E-state index < -0.39 is 5.92 Å². The summed E-state index contributed by atoms with van der Waals surface area (Å²) in [6.07, 6.45) is -0.540. The summed E-state index contributed by atoms with van der Waals surface area (Å²) in [5, 5.41) is 0. The smallest absolute Gasteiger partial charge is 0.253 e. The third-order valence-corrected chi connectivity index (χ3v) is 3.86. The van der Waals surface area contributed by atoms with Crippen LogP contribution in [0.1, 0.15) is 23.2 Å². The van der Waals surface area contributed by atoms with E-state index >= 15 is 0 Å². The van der Waals surface area contributed by atoms with Gasteiger partial charge in [-0.2, -0.15) is 0 Å². The number of rotatable bonds is 3. The molecular weight excluding hydrogens is 300 g/mol. The molecule has 3 nitrogen and oxygen atoms in total. The van der Waals surface area contributed by atoms with E-state index in [0.717, 1.165) is 0 Å². The Morgan fingerprint density at radius 3 is 2.09 bits per heavy atom. The average Bonchev–Trinajstić information content (AvgIpc) is 2.56. The first-order valence-electron chi connectivity index (χ1n) is 7.54. The van der Waals surface area contributed by atoms with Crippen LogP contribution in [0.4, 0.5) is 8.78 Å². The standard InChI is InChI=1S/C18H17F2NO2/c19-18(20)10-12-21(13-11-18)17(22)14-6-8-16(9-7-14)23-15-4-2-1-3-5-15/h1-9H,10-13H2. The monoisotopic (exact) mass is 317 g/mol. The van der Waals surface area contributed by atoms with Crippen molar-refractivity contribution in [2.75, 3.05) is 13.1 Å². The van der Waals surface area contributed by atoms with Gasteiger partial charge in [0, 0.05) is 31.5 Å². The van der Waals surface area contributed by atoms with Crippen LogP contribution in [0, 0.1) is 0 Å². The Morgan fingerprint density at radius 1 is 0.913 bits per heavy atom. The molecule has 120 valence electrons. The van der Waals surface area contributed by atoms with Crippen molar-refractivity contribution in [3.63, 3.8) is 0 Å². The Kier molecular flexibility index (Phi) is 4.28. The molecule has 0 bridgehead atoms. The summed E-state index contributed by atoms with van der Waals surface area (Å²) < 4.78 is 32.0. The summed E-state index contributed by atoms with van der Waals surface area (Å²) in [6, 6.07) is 16.1. The van der Waals surface area contributed by atoms with Gasteiger partial charge in [-0.3, -0.25) is 4.79 Å². The number of hydrogen-bond acceptors (Lipinski definition) is 2. The molecule has 0 spiro atoms. The minimum atomic E-state index is -2.65. The molecule has 1 aliphatic rings. The molecule has 0 unspecified atom stereocenters. The first-order chi connectivity index (χ1) is 11.0. The molecule has 1 amide bonds. The van der Waals surface area contributed by atoms with E-state index in [1.165, 1.54) is 4.90 Å². The molecule has 23 heavy (non-hydrogen) atoms. The number of piperidine rings is 1. The molecule has 3 rings (SSSR count). The molecule has 2 aromatic rings. The summed E-state index contributed by atoms with van der Waals surface area (Å²) in [5.41, 5.74) is 0.482. The molecule has 1 saturated heterocycles. The number of alkyl halides is 2. The number of nitrogens with zero attached hydrogens (tertiary/aromatic N) is 1. The van der Waals surface area contributed by atoms with Crippen molar-refractivity contribution >= 4 is 5.91 Å². The second-order valence-electron chi connectivity index (χ2n) is 5.59. The summed E-state index contributed by atoms with van der Waals surface area (Å²) >= 11 is 0. The van der Waals surface area contributed by atoms with Gasteiger partial charge < -0.3 is 9.64 Å². The van der Waals surface area contributed by atoms with Gasteiger partial charge in [-0.25, -0.2) is 8.78 Å². The van der Waals surface area contributed by atoms with Gasteiger partial charge in [-0.05, 0) is 36.4 Å². The zero-order chi connectivity index (χ0) is 16.3. The Labute approximate surface area is 133 Å². The van der Waals surface area contributed by atoms with Crippen LogP contribution < -0.4 is 4.74 Å². The normalized spacial score (nSPS) is 16.9. The van der Waals surface area contributed by atoms with Crippen molar-refractivity contribution in [1.82, 2.24) is 4.90 Å². The number of hydrogen-bond donors (Lipinski definition) is 0. The fourth-order valence-electron chi connectivity index (χ4n) is 2.51. The van der Waals surface area contributed by atoms with Crippen LogP contribution in [0.2, 0.25) is 0 Å². The van der Waals surface area contributed by atoms with Crippen molar-refractivity contribution in [2.45, 2.75) is 18.8 Å². The molecule has 0 radical (unpaired) electrons. The van der Waals surface area contributed by atoms with Gasteiger partial charge in [-0.15, -0.1) is 0 Å². The Hall–Kier alpha value is -2.43. The van der Waals surface area contributed by atoms with Crippen LogP contribution in [0.25, 0.3) is 0 Å². The molecule has 0 atom stereocenters. The largest absolute Gasteiger partial charge is 0.457 e. The van der Waals surface area contributed by atoms with Gasteiger partial charge in [0.2, 0.25) is 0 Å². The van der Waals surface area contributed by atoms with Crippen molar-refractivity contribution in [1.29, 1.82) is 0 Å². The first kappa shape index (κ1) is 15.5. The predicted octanol–water partition coefficient (Wildman–Crippen LogP) is 4.35. The maximum atomic E-state index is 13.1. The number of likely N-dealkylation sites (tertiary alicyclic amines) is 1. The van der Waals surface area contributed by atoms with Crippen molar-refractivity contribution in [3.8, 4) is 11.5 Å². The lowest BCUT2D eigenvalue weighted by molar-refractivity contribution is -0.0494. The fraction of sp³-hybridized carbons (Fsp3) is 0.278. The second-order valence-corrected chi connectivity index (χ2v) is 5.59. The van der Waals surface area contributed by atoms with Crippen LogP contribution in [-0.4, -0.2) is 29.8 Å². The second kappa shape index (κ2) is 6.36. The summed E-state index contributed by atoms with van der Waals surface area (Å²) in [5.74, 6) is -1.53. The van der Waals surface area contributed by atoms with E-state index in [4.69, 9.17) is 4.74 Å². The van der Waals surface area contributed by atoms with Crippen LogP contribution >= 0.6 is 0 Å². The van der Waals surface area contributed by atoms with Gasteiger partial charge in [-0.1, -0.05) is 18.2 Å². The van der Waals surface area contributed by atoms with Crippen molar-refractivity contribution < 1.29 is 18.3 Å². The van der Waals surface area contributed by atoms with E-state index in [1.807, 2.05) is 30.3 Å². The molecule has 2 aromatic carbocycles. The van der Waals surface area contributed by atoms with Gasteiger partial charge in [0.1, 0.15) is 11.5 Å². The van der Waals surface area contributed by atoms with Gasteiger partial charge in [0.15, 0.2) is 0 Å². The Balaban J connectivity index is 1.64. The molecule has 1 fully saturated rings. The third kappa shape index (κ3) is 3.86. The SMILES string of the molecule is O=C(c1ccc(Oc2ccccc2)cc1)N1CCC(F)(F)CC1. The van der Waals surface area contributed by atoms with E-state index in [0.29, 0.717) is 17.1 Å². The van der Waals surface area contributed by atoms with Gasteiger partial charge in [0.05, 0.1) is 0 Å². The maximum Gasteiger partial charge on any atom is 0.253 e. The predicted molar refractivity (Wildman–Crippen MR) is 83.0 cm³/mol. The average molecular weight is 317 g/mol. The van der Waals surface area contributed by atoms with Crippen LogP contribution in [0.5, 0.6) is 11.5 Å². The number of para-hydroxylation sites is 1. The van der Waals surface area contributed by atoms with Crippen molar-refractivity contribution in [3.05, 3.63) is 60.2 Å². The lowest BCUT2D eigenvalue weighted by atomic mass is 10.1. The highest BCUT2D eigenvalue weighted by molar-refractivity contribution is 5.94. The Morgan fingerprint density at radius 2 is 1.48 bits per heavy atom. The quantitative estimate of drug-likeness (QED) is 0.842. The molecule has 1 heterocycles. The number of halogens is 2. The van der Waals surface area contributed by atoms with Crippen LogP contribution in [-0.2, 0) is 0 Å². The highest BCUT2D eigenvalue weighted by Gasteiger charge is 2.35. The molecule has 0 saturated carbocycles. The fourth-order valence-corrected chi connectivity index (χ4v) is 2.51. The van der Waals surface area contributed by atoms with Crippen molar-refractivity contribution in [2.24, 2.45) is 0 Å². The highest BCUT2D eigenvalue weighted by Crippen LogP contribution is 2.28. The molecule has 5 heteroatoms. The van der Waals surface area contributed by atoms with E-state index in [-0.39, 0.29) is 31.8 Å². The molecule has 1 aliphatic heterocycles. The number of ether oxygens (including phenoxy) is 1. The summed E-state index contributed by atoms with van der Waals surface area (Å²) in [4.78, 5) is 13.8. The lowest BCUT2D eigenvalue weighted by Gasteiger charge is -2.31. The Bertz CT molecular complexity index is 661. The molecule has 0 aliphatic carbocycles. The number of benzene rings is 2. The van der Waals surface area contributed by atoms with Gasteiger partial charge >= 0.3 is 0 Å². The van der Waals surface area contributed by atoms with Crippen LogP contribution in [0.15, 0.2) is 54.6 Å². The number of carbonyl (C=O) groups excluding carboxylic acids is 1.